The summed E-state index contributed by atoms with van der Waals surface area (Å²) < 4.78 is 3.83. The Morgan fingerprint density at radius 3 is 2.72 bits per heavy atom. The molecule has 7 heteroatoms. The summed E-state index contributed by atoms with van der Waals surface area (Å²) in [5.74, 6) is 0. The highest BCUT2D eigenvalue weighted by molar-refractivity contribution is 7.80. The fourth-order valence-corrected chi connectivity index (χ4v) is 2.73. The predicted molar refractivity (Wildman–Crippen MR) is 103 cm³/mol. The number of hydrogen-bond acceptors (Lipinski definition) is 3. The van der Waals surface area contributed by atoms with Gasteiger partial charge in [-0.1, -0.05) is 29.8 Å². The van der Waals surface area contributed by atoms with E-state index in [-0.39, 0.29) is 0 Å². The van der Waals surface area contributed by atoms with Gasteiger partial charge in [0, 0.05) is 18.9 Å². The summed E-state index contributed by atoms with van der Waals surface area (Å²) in [6.07, 6.45) is 5.52. The van der Waals surface area contributed by atoms with Gasteiger partial charge in [0.25, 0.3) is 0 Å². The van der Waals surface area contributed by atoms with Gasteiger partial charge in [-0.05, 0) is 37.7 Å². The van der Waals surface area contributed by atoms with Gasteiger partial charge in [0.2, 0.25) is 0 Å². The third-order valence-electron chi connectivity index (χ3n) is 3.89. The average molecular weight is 354 g/mol. The van der Waals surface area contributed by atoms with Crippen LogP contribution >= 0.6 is 12.2 Å². The molecule has 130 valence electrons. The van der Waals surface area contributed by atoms with Crippen LogP contribution in [0.1, 0.15) is 23.7 Å². The second-order valence-corrected chi connectivity index (χ2v) is 6.27. The lowest BCUT2D eigenvalue weighted by atomic mass is 10.1. The Bertz CT molecular complexity index is 833. The molecule has 0 saturated heterocycles. The minimum absolute atomic E-state index is 0.568. The molecule has 0 unspecified atom stereocenters. The molecule has 0 bridgehead atoms. The number of benzene rings is 1. The largest absolute Gasteiger partial charge is 0.357 e. The van der Waals surface area contributed by atoms with E-state index in [4.69, 9.17) is 12.2 Å². The number of hydrogen-bond donors (Lipinski definition) is 2. The van der Waals surface area contributed by atoms with E-state index in [0.29, 0.717) is 11.7 Å². The van der Waals surface area contributed by atoms with E-state index in [0.717, 1.165) is 24.5 Å². The summed E-state index contributed by atoms with van der Waals surface area (Å²) in [5, 5.41) is 15.6. The zero-order chi connectivity index (χ0) is 17.6. The zero-order valence-corrected chi connectivity index (χ0v) is 15.3. The standard InChI is InChI=1S/C18H22N6S/c1-3-24-17(8-9-20-24)11-19-18(25)22-16-10-21-23(13-16)12-15-6-4-14(2)5-7-15/h4-10,13H,3,11-12H2,1-2H3,(H2,19,22,25). The maximum absolute atomic E-state index is 5.35. The molecule has 2 N–H and O–H groups in total. The molecule has 0 radical (unpaired) electrons. The first-order valence-corrected chi connectivity index (χ1v) is 8.68. The van der Waals surface area contributed by atoms with E-state index in [1.807, 2.05) is 21.6 Å². The van der Waals surface area contributed by atoms with Crippen LogP contribution in [-0.4, -0.2) is 24.7 Å². The molecule has 0 spiro atoms. The molecule has 0 atom stereocenters. The zero-order valence-electron chi connectivity index (χ0n) is 14.4. The molecule has 2 aromatic heterocycles. The third-order valence-corrected chi connectivity index (χ3v) is 4.14. The maximum atomic E-state index is 5.35. The molecule has 0 aliphatic rings. The van der Waals surface area contributed by atoms with E-state index >= 15 is 0 Å². The first-order chi connectivity index (χ1) is 12.1. The van der Waals surface area contributed by atoms with E-state index in [2.05, 4.69) is 58.9 Å². The second kappa shape index (κ2) is 7.94. The quantitative estimate of drug-likeness (QED) is 0.667. The van der Waals surface area contributed by atoms with Gasteiger partial charge >= 0.3 is 0 Å². The van der Waals surface area contributed by atoms with Gasteiger partial charge in [-0.3, -0.25) is 9.36 Å². The van der Waals surface area contributed by atoms with E-state index < -0.39 is 0 Å². The van der Waals surface area contributed by atoms with Crippen molar-refractivity contribution in [2.75, 3.05) is 5.32 Å². The fourth-order valence-electron chi connectivity index (χ4n) is 2.54. The van der Waals surface area contributed by atoms with E-state index in [1.165, 1.54) is 11.1 Å². The Balaban J connectivity index is 1.52. The van der Waals surface area contributed by atoms with Crippen molar-refractivity contribution in [2.45, 2.75) is 33.5 Å². The molecule has 0 saturated carbocycles. The van der Waals surface area contributed by atoms with Gasteiger partial charge in [-0.25, -0.2) is 0 Å². The smallest absolute Gasteiger partial charge is 0.171 e. The monoisotopic (exact) mass is 354 g/mol. The Hall–Kier alpha value is -2.67. The highest BCUT2D eigenvalue weighted by atomic mass is 32.1. The Morgan fingerprint density at radius 2 is 1.96 bits per heavy atom. The summed E-state index contributed by atoms with van der Waals surface area (Å²) in [4.78, 5) is 0. The molecular weight excluding hydrogens is 332 g/mol. The molecule has 0 amide bonds. The number of nitrogens with one attached hydrogen (secondary N) is 2. The number of thiocarbonyl (C=S) groups is 1. The number of nitrogens with zero attached hydrogens (tertiary/aromatic N) is 4. The molecular formula is C18H22N6S. The predicted octanol–water partition coefficient (Wildman–Crippen LogP) is 2.94. The lowest BCUT2D eigenvalue weighted by Gasteiger charge is -2.10. The number of aromatic nitrogens is 4. The third kappa shape index (κ3) is 4.67. The van der Waals surface area contributed by atoms with Crippen molar-refractivity contribution < 1.29 is 0 Å². The van der Waals surface area contributed by atoms with Crippen LogP contribution in [0.2, 0.25) is 0 Å². The van der Waals surface area contributed by atoms with Crippen molar-refractivity contribution in [2.24, 2.45) is 0 Å². The first kappa shape index (κ1) is 17.2. The van der Waals surface area contributed by atoms with Crippen molar-refractivity contribution in [1.29, 1.82) is 0 Å². The van der Waals surface area contributed by atoms with Crippen LogP contribution in [-0.2, 0) is 19.6 Å². The lowest BCUT2D eigenvalue weighted by molar-refractivity contribution is 0.614. The van der Waals surface area contributed by atoms with Crippen LogP contribution in [0.15, 0.2) is 48.9 Å². The van der Waals surface area contributed by atoms with Gasteiger partial charge in [0.15, 0.2) is 5.11 Å². The van der Waals surface area contributed by atoms with Gasteiger partial charge in [-0.2, -0.15) is 10.2 Å². The van der Waals surface area contributed by atoms with Crippen LogP contribution in [0.25, 0.3) is 0 Å². The van der Waals surface area contributed by atoms with Crippen molar-refractivity contribution >= 4 is 23.0 Å². The van der Waals surface area contributed by atoms with Crippen LogP contribution in [0, 0.1) is 6.92 Å². The average Bonchev–Trinajstić information content (AvgIpc) is 3.24. The number of aryl methyl sites for hydroxylation is 2. The summed E-state index contributed by atoms with van der Waals surface area (Å²) in [5.41, 5.74) is 4.44. The Kier molecular flexibility index (Phi) is 5.45. The van der Waals surface area contributed by atoms with E-state index in [1.54, 1.807) is 12.4 Å². The highest BCUT2D eigenvalue weighted by Gasteiger charge is 2.04. The number of anilines is 1. The van der Waals surface area contributed by atoms with Crippen molar-refractivity contribution in [3.8, 4) is 0 Å². The van der Waals surface area contributed by atoms with Crippen molar-refractivity contribution in [3.63, 3.8) is 0 Å². The summed E-state index contributed by atoms with van der Waals surface area (Å²) in [6.45, 7) is 6.36. The molecule has 3 rings (SSSR count). The molecule has 2 heterocycles. The Morgan fingerprint density at radius 1 is 1.16 bits per heavy atom. The molecule has 0 fully saturated rings. The summed E-state index contributed by atoms with van der Waals surface area (Å²) in [7, 11) is 0. The van der Waals surface area contributed by atoms with Gasteiger partial charge in [0.1, 0.15) is 0 Å². The van der Waals surface area contributed by atoms with Crippen molar-refractivity contribution in [3.05, 3.63) is 65.7 Å². The minimum Gasteiger partial charge on any atom is -0.357 e. The topological polar surface area (TPSA) is 59.7 Å². The second-order valence-electron chi connectivity index (χ2n) is 5.86. The van der Waals surface area contributed by atoms with Gasteiger partial charge in [0.05, 0.1) is 30.7 Å². The fraction of sp³-hybridized carbons (Fsp3) is 0.278. The first-order valence-electron chi connectivity index (χ1n) is 8.27. The molecule has 0 aliphatic carbocycles. The van der Waals surface area contributed by atoms with Gasteiger partial charge in [-0.15, -0.1) is 0 Å². The summed E-state index contributed by atoms with van der Waals surface area (Å²) >= 11 is 5.35. The highest BCUT2D eigenvalue weighted by Crippen LogP contribution is 2.09. The Labute approximate surface area is 152 Å². The van der Waals surface area contributed by atoms with Gasteiger partial charge < -0.3 is 10.6 Å². The molecule has 25 heavy (non-hydrogen) atoms. The van der Waals surface area contributed by atoms with Crippen LogP contribution < -0.4 is 10.6 Å². The van der Waals surface area contributed by atoms with E-state index in [9.17, 15) is 0 Å². The normalized spacial score (nSPS) is 10.6. The lowest BCUT2D eigenvalue weighted by Crippen LogP contribution is -2.28. The maximum Gasteiger partial charge on any atom is 0.171 e. The molecule has 6 nitrogen and oxygen atoms in total. The number of rotatable bonds is 6. The van der Waals surface area contributed by atoms with Crippen LogP contribution in [0.5, 0.6) is 0 Å². The van der Waals surface area contributed by atoms with Crippen LogP contribution in [0.3, 0.4) is 0 Å². The van der Waals surface area contributed by atoms with Crippen molar-refractivity contribution in [1.82, 2.24) is 24.9 Å². The SMILES string of the molecule is CCn1nccc1CNC(=S)Nc1cnn(Cc2ccc(C)cc2)c1. The molecule has 3 aromatic rings. The molecule has 1 aromatic carbocycles. The molecule has 0 aliphatic heterocycles. The summed E-state index contributed by atoms with van der Waals surface area (Å²) in [6, 6.07) is 10.4. The van der Waals surface area contributed by atoms with Crippen LogP contribution in [0.4, 0.5) is 5.69 Å². The minimum atomic E-state index is 0.568.